The molecule has 0 radical (unpaired) electrons. The molecule has 3 N–H and O–H groups in total. The molecular weight excluding hydrogens is 280 g/mol. The number of benzene rings is 1. The predicted octanol–water partition coefficient (Wildman–Crippen LogP) is 2.43. The van der Waals surface area contributed by atoms with Crippen LogP contribution in [0.5, 0.6) is 0 Å². The first kappa shape index (κ1) is 16.5. The molecule has 0 aliphatic rings. The van der Waals surface area contributed by atoms with Gasteiger partial charge in [0.05, 0.1) is 0 Å². The van der Waals surface area contributed by atoms with E-state index in [4.69, 9.17) is 16.7 Å². The first-order chi connectivity index (χ1) is 9.29. The third kappa shape index (κ3) is 5.19. The van der Waals surface area contributed by atoms with Crippen molar-refractivity contribution >= 4 is 29.2 Å². The van der Waals surface area contributed by atoms with Gasteiger partial charge in [0, 0.05) is 23.2 Å². The van der Waals surface area contributed by atoms with Gasteiger partial charge in [-0.05, 0) is 38.5 Å². The number of halogens is 1. The zero-order chi connectivity index (χ0) is 15.3. The van der Waals surface area contributed by atoms with Gasteiger partial charge in [-0.1, -0.05) is 17.7 Å². The molecule has 0 aliphatic heterocycles. The highest BCUT2D eigenvalue weighted by molar-refractivity contribution is 6.31. The van der Waals surface area contributed by atoms with E-state index in [9.17, 15) is 9.59 Å². The molecule has 110 valence electrons. The summed E-state index contributed by atoms with van der Waals surface area (Å²) < 4.78 is 0. The summed E-state index contributed by atoms with van der Waals surface area (Å²) in [5.74, 6) is -1.13. The smallest absolute Gasteiger partial charge is 0.320 e. The van der Waals surface area contributed by atoms with Crippen LogP contribution in [0.4, 0.5) is 5.69 Å². The van der Waals surface area contributed by atoms with Crippen molar-refractivity contribution < 1.29 is 14.7 Å². The van der Waals surface area contributed by atoms with E-state index in [2.05, 4.69) is 10.6 Å². The Morgan fingerprint density at radius 2 is 2.00 bits per heavy atom. The standard InChI is InChI=1S/C14H19ClN2O3/c1-8-4-5-11(7-12(8)15)17-13(18)6-9(2)16-10(3)14(19)20/h4-5,7,9-10,16H,6H2,1-3H3,(H,17,18)(H,19,20)/t9?,10-/m1/s1. The van der Waals surface area contributed by atoms with E-state index in [1.807, 2.05) is 13.0 Å². The third-order valence-electron chi connectivity index (χ3n) is 2.85. The summed E-state index contributed by atoms with van der Waals surface area (Å²) in [6.45, 7) is 5.19. The molecule has 1 rings (SSSR count). The normalized spacial score (nSPS) is 13.6. The minimum atomic E-state index is -0.942. The van der Waals surface area contributed by atoms with Crippen LogP contribution >= 0.6 is 11.6 Å². The second-order valence-corrected chi connectivity index (χ2v) is 5.25. The lowest BCUT2D eigenvalue weighted by molar-refractivity contribution is -0.139. The highest BCUT2D eigenvalue weighted by atomic mass is 35.5. The van der Waals surface area contributed by atoms with Gasteiger partial charge < -0.3 is 15.7 Å². The molecule has 2 atom stereocenters. The number of carboxylic acids is 1. The fraction of sp³-hybridized carbons (Fsp3) is 0.429. The minimum absolute atomic E-state index is 0.184. The molecule has 0 saturated carbocycles. The van der Waals surface area contributed by atoms with Crippen LogP contribution in [0.15, 0.2) is 18.2 Å². The number of nitrogens with one attached hydrogen (secondary N) is 2. The lowest BCUT2D eigenvalue weighted by atomic mass is 10.2. The molecule has 0 aliphatic carbocycles. The molecule has 1 unspecified atom stereocenters. The van der Waals surface area contributed by atoms with Crippen molar-refractivity contribution in [2.75, 3.05) is 5.32 Å². The maximum atomic E-state index is 11.8. The van der Waals surface area contributed by atoms with Crippen LogP contribution in [0.2, 0.25) is 5.02 Å². The highest BCUT2D eigenvalue weighted by Crippen LogP contribution is 2.20. The van der Waals surface area contributed by atoms with Crippen molar-refractivity contribution in [1.29, 1.82) is 0 Å². The first-order valence-electron chi connectivity index (χ1n) is 6.34. The number of anilines is 1. The molecule has 1 aromatic carbocycles. The van der Waals surface area contributed by atoms with Crippen LogP contribution in [0.1, 0.15) is 25.8 Å². The quantitative estimate of drug-likeness (QED) is 0.754. The number of aryl methyl sites for hydroxylation is 1. The Morgan fingerprint density at radius 1 is 1.35 bits per heavy atom. The summed E-state index contributed by atoms with van der Waals surface area (Å²) in [7, 11) is 0. The van der Waals surface area contributed by atoms with E-state index in [1.165, 1.54) is 6.92 Å². The molecule has 0 aromatic heterocycles. The van der Waals surface area contributed by atoms with Crippen LogP contribution in [-0.4, -0.2) is 29.1 Å². The average Bonchev–Trinajstić information content (AvgIpc) is 2.33. The average molecular weight is 299 g/mol. The summed E-state index contributed by atoms with van der Waals surface area (Å²) >= 11 is 5.98. The van der Waals surface area contributed by atoms with Gasteiger partial charge in [0.15, 0.2) is 0 Å². The van der Waals surface area contributed by atoms with E-state index in [-0.39, 0.29) is 18.4 Å². The lowest BCUT2D eigenvalue weighted by Gasteiger charge is -2.16. The molecule has 0 saturated heterocycles. The van der Waals surface area contributed by atoms with Gasteiger partial charge in [0.1, 0.15) is 6.04 Å². The Kier molecular flexibility index (Phi) is 5.98. The van der Waals surface area contributed by atoms with Crippen LogP contribution < -0.4 is 10.6 Å². The summed E-state index contributed by atoms with van der Waals surface area (Å²) in [4.78, 5) is 22.5. The fourth-order valence-electron chi connectivity index (χ4n) is 1.72. The maximum Gasteiger partial charge on any atom is 0.320 e. The molecule has 1 aromatic rings. The monoisotopic (exact) mass is 298 g/mol. The second-order valence-electron chi connectivity index (χ2n) is 4.84. The largest absolute Gasteiger partial charge is 0.480 e. The summed E-state index contributed by atoms with van der Waals surface area (Å²) in [5.41, 5.74) is 1.57. The van der Waals surface area contributed by atoms with E-state index >= 15 is 0 Å². The Balaban J connectivity index is 2.50. The van der Waals surface area contributed by atoms with E-state index < -0.39 is 12.0 Å². The lowest BCUT2D eigenvalue weighted by Crippen LogP contribution is -2.41. The number of carboxylic acid groups (broad SMARTS) is 1. The SMILES string of the molecule is Cc1ccc(NC(=O)CC(C)N[C@H](C)C(=O)O)cc1Cl. The number of rotatable bonds is 6. The molecule has 0 bridgehead atoms. The van der Waals surface area contributed by atoms with Gasteiger partial charge in [0.2, 0.25) is 5.91 Å². The van der Waals surface area contributed by atoms with Gasteiger partial charge in [0.25, 0.3) is 0 Å². The summed E-state index contributed by atoms with van der Waals surface area (Å²) in [5, 5.41) is 14.9. The number of hydrogen-bond donors (Lipinski definition) is 3. The van der Waals surface area contributed by atoms with Crippen molar-refractivity contribution in [3.05, 3.63) is 28.8 Å². The van der Waals surface area contributed by atoms with E-state index in [0.29, 0.717) is 10.7 Å². The van der Waals surface area contributed by atoms with Crippen LogP contribution in [0, 0.1) is 6.92 Å². The maximum absolute atomic E-state index is 11.8. The zero-order valence-corrected chi connectivity index (χ0v) is 12.5. The Morgan fingerprint density at radius 3 is 2.55 bits per heavy atom. The Labute approximate surface area is 123 Å². The molecule has 0 fully saturated rings. The number of hydrogen-bond acceptors (Lipinski definition) is 3. The Hall–Kier alpha value is -1.59. The van der Waals surface area contributed by atoms with Gasteiger partial charge in [-0.15, -0.1) is 0 Å². The molecule has 1 amide bonds. The highest BCUT2D eigenvalue weighted by Gasteiger charge is 2.16. The Bertz CT molecular complexity index is 505. The molecule has 0 heterocycles. The number of carbonyl (C=O) groups is 2. The van der Waals surface area contributed by atoms with Crippen molar-refractivity contribution in [3.63, 3.8) is 0 Å². The number of amides is 1. The zero-order valence-electron chi connectivity index (χ0n) is 11.7. The number of aliphatic carboxylic acids is 1. The fourth-order valence-corrected chi connectivity index (χ4v) is 1.90. The van der Waals surface area contributed by atoms with Gasteiger partial charge in [-0.2, -0.15) is 0 Å². The van der Waals surface area contributed by atoms with Gasteiger partial charge in [-0.25, -0.2) is 0 Å². The molecule has 5 nitrogen and oxygen atoms in total. The molecule has 20 heavy (non-hydrogen) atoms. The van der Waals surface area contributed by atoms with Crippen molar-refractivity contribution in [2.45, 2.75) is 39.3 Å². The third-order valence-corrected chi connectivity index (χ3v) is 3.26. The van der Waals surface area contributed by atoms with Gasteiger partial charge >= 0.3 is 5.97 Å². The summed E-state index contributed by atoms with van der Waals surface area (Å²) in [6.07, 6.45) is 0.184. The van der Waals surface area contributed by atoms with Crippen LogP contribution in [-0.2, 0) is 9.59 Å². The minimum Gasteiger partial charge on any atom is -0.480 e. The summed E-state index contributed by atoms with van der Waals surface area (Å²) in [6, 6.07) is 4.37. The van der Waals surface area contributed by atoms with Crippen molar-refractivity contribution in [1.82, 2.24) is 5.32 Å². The van der Waals surface area contributed by atoms with Crippen molar-refractivity contribution in [3.8, 4) is 0 Å². The molecular formula is C14H19ClN2O3. The first-order valence-corrected chi connectivity index (χ1v) is 6.72. The topological polar surface area (TPSA) is 78.4 Å². The second kappa shape index (κ2) is 7.26. The van der Waals surface area contributed by atoms with E-state index in [0.717, 1.165) is 5.56 Å². The van der Waals surface area contributed by atoms with Crippen LogP contribution in [0.25, 0.3) is 0 Å². The van der Waals surface area contributed by atoms with Gasteiger partial charge in [-0.3, -0.25) is 9.59 Å². The van der Waals surface area contributed by atoms with Crippen LogP contribution in [0.3, 0.4) is 0 Å². The number of carbonyl (C=O) groups excluding carboxylic acids is 1. The van der Waals surface area contributed by atoms with E-state index in [1.54, 1.807) is 19.1 Å². The van der Waals surface area contributed by atoms with Crippen molar-refractivity contribution in [2.24, 2.45) is 0 Å². The molecule has 0 spiro atoms. The molecule has 6 heteroatoms. The predicted molar refractivity (Wildman–Crippen MR) is 79.1 cm³/mol.